The minimum absolute atomic E-state index is 0.0628. The first kappa shape index (κ1) is 29.6. The van der Waals surface area contributed by atoms with Crippen molar-refractivity contribution in [3.63, 3.8) is 0 Å². The number of carbonyl (C=O) groups excluding carboxylic acids is 4. The Labute approximate surface area is 162 Å². The van der Waals surface area contributed by atoms with Crippen LogP contribution >= 0.6 is 0 Å². The predicted octanol–water partition coefficient (Wildman–Crippen LogP) is -1.03. The number of unbranched alkanes of at least 4 members (excludes halogenated alkanes) is 1. The molecule has 0 bridgehead atoms. The molecule has 28 heavy (non-hydrogen) atoms. The molecule has 4 amide bonds. The average Bonchev–Trinajstić information content (AvgIpc) is 2.51. The number of hydrogen-bond donors (Lipinski definition) is 6. The lowest BCUT2D eigenvalue weighted by Gasteiger charge is -1.92. The van der Waals surface area contributed by atoms with Gasteiger partial charge < -0.3 is 33.1 Å². The molecule has 0 saturated carbocycles. The lowest BCUT2D eigenvalue weighted by molar-refractivity contribution is -0.139. The Morgan fingerprint density at radius 3 is 0.786 bits per heavy atom. The molecule has 0 aromatic heterocycles. The third kappa shape index (κ3) is 43.4. The molecule has 0 aliphatic rings. The van der Waals surface area contributed by atoms with Crippen molar-refractivity contribution in [2.24, 2.45) is 22.9 Å². The van der Waals surface area contributed by atoms with Crippen molar-refractivity contribution >= 4 is 35.6 Å². The first-order valence-electron chi connectivity index (χ1n) is 8.45. The van der Waals surface area contributed by atoms with Crippen molar-refractivity contribution in [3.8, 4) is 0 Å². The number of amides is 4. The highest BCUT2D eigenvalue weighted by atomic mass is 16.4. The molecule has 0 rings (SSSR count). The second kappa shape index (κ2) is 20.1. The van der Waals surface area contributed by atoms with Gasteiger partial charge in [-0.05, 0) is 25.7 Å². The zero-order valence-corrected chi connectivity index (χ0v) is 15.7. The number of rotatable bonds is 13. The molecule has 0 radical (unpaired) electrons. The van der Waals surface area contributed by atoms with Gasteiger partial charge in [0.25, 0.3) is 0 Å². The maximum Gasteiger partial charge on any atom is 0.303 e. The molecular weight excluding hydrogens is 376 g/mol. The van der Waals surface area contributed by atoms with Crippen LogP contribution in [0.2, 0.25) is 0 Å². The van der Waals surface area contributed by atoms with E-state index in [0.717, 1.165) is 0 Å². The molecular formula is C16H30N4O8. The van der Waals surface area contributed by atoms with Crippen molar-refractivity contribution in [2.75, 3.05) is 0 Å². The highest BCUT2D eigenvalue weighted by molar-refractivity contribution is 5.77. The molecule has 10 N–H and O–H groups in total. The number of carboxylic acid groups (broad SMARTS) is 2. The molecule has 12 nitrogen and oxygen atoms in total. The van der Waals surface area contributed by atoms with Crippen LogP contribution in [0, 0.1) is 0 Å². The lowest BCUT2D eigenvalue weighted by atomic mass is 10.2. The van der Waals surface area contributed by atoms with Crippen molar-refractivity contribution < 1.29 is 39.0 Å². The van der Waals surface area contributed by atoms with Gasteiger partial charge in [-0.25, -0.2) is 0 Å². The Balaban J connectivity index is -0.000000336. The summed E-state index contributed by atoms with van der Waals surface area (Å²) in [5, 5.41) is 16.3. The normalized spacial score (nSPS) is 9.00. The van der Waals surface area contributed by atoms with Crippen LogP contribution in [-0.4, -0.2) is 45.8 Å². The lowest BCUT2D eigenvalue weighted by Crippen LogP contribution is -2.14. The molecule has 12 heteroatoms. The summed E-state index contributed by atoms with van der Waals surface area (Å²) in [7, 11) is 0. The summed E-state index contributed by atoms with van der Waals surface area (Å²) in [5.41, 5.74) is 19.2. The summed E-state index contributed by atoms with van der Waals surface area (Å²) in [4.78, 5) is 60.0. The third-order valence-corrected chi connectivity index (χ3v) is 2.72. The van der Waals surface area contributed by atoms with Crippen molar-refractivity contribution in [2.45, 2.75) is 64.2 Å². The third-order valence-electron chi connectivity index (χ3n) is 2.72. The number of hydrogen-bond acceptors (Lipinski definition) is 6. The van der Waals surface area contributed by atoms with Crippen molar-refractivity contribution in [3.05, 3.63) is 0 Å². The summed E-state index contributed by atoms with van der Waals surface area (Å²) in [6, 6.07) is 0. The highest BCUT2D eigenvalue weighted by Crippen LogP contribution is 1.98. The second-order valence-corrected chi connectivity index (χ2v) is 5.57. The molecule has 0 unspecified atom stereocenters. The van der Waals surface area contributed by atoms with Gasteiger partial charge in [0.05, 0.1) is 0 Å². The topological polar surface area (TPSA) is 247 Å². The smallest absolute Gasteiger partial charge is 0.303 e. The standard InChI is InChI=1S/C6H10O4.2C5H10N2O2/c7-5(8)3-1-2-4-6(9)10;2*6-4(8)2-1-3-5(7)9/h1-4H2,(H,7,8)(H,9,10);2*1-3H2,(H2,6,8)(H2,7,9). The van der Waals surface area contributed by atoms with Crippen LogP contribution in [0.3, 0.4) is 0 Å². The maximum absolute atomic E-state index is 10.1. The fourth-order valence-electron chi connectivity index (χ4n) is 1.43. The summed E-state index contributed by atoms with van der Waals surface area (Å²) in [6.45, 7) is 0. The van der Waals surface area contributed by atoms with Crippen LogP contribution in [-0.2, 0) is 28.8 Å². The molecule has 0 aliphatic carbocycles. The summed E-state index contributed by atoms with van der Waals surface area (Å²) < 4.78 is 0. The Bertz CT molecular complexity index is 449. The van der Waals surface area contributed by atoms with E-state index >= 15 is 0 Å². The molecule has 0 atom stereocenters. The van der Waals surface area contributed by atoms with Gasteiger partial charge in [0, 0.05) is 38.5 Å². The number of carbonyl (C=O) groups is 6. The van der Waals surface area contributed by atoms with Gasteiger partial charge in [-0.15, -0.1) is 0 Å². The van der Waals surface area contributed by atoms with Gasteiger partial charge in [0.15, 0.2) is 0 Å². The van der Waals surface area contributed by atoms with Gasteiger partial charge >= 0.3 is 11.9 Å². The molecule has 0 spiro atoms. The van der Waals surface area contributed by atoms with Crippen LogP contribution < -0.4 is 22.9 Å². The van der Waals surface area contributed by atoms with Crippen molar-refractivity contribution in [1.29, 1.82) is 0 Å². The second-order valence-electron chi connectivity index (χ2n) is 5.57. The van der Waals surface area contributed by atoms with Crippen LogP contribution in [0.15, 0.2) is 0 Å². The largest absolute Gasteiger partial charge is 0.481 e. The molecule has 0 heterocycles. The monoisotopic (exact) mass is 406 g/mol. The molecule has 162 valence electrons. The first-order chi connectivity index (χ1) is 12.9. The average molecular weight is 406 g/mol. The van der Waals surface area contributed by atoms with E-state index < -0.39 is 35.6 Å². The van der Waals surface area contributed by atoms with E-state index in [2.05, 4.69) is 0 Å². The van der Waals surface area contributed by atoms with E-state index in [0.29, 0.717) is 25.7 Å². The van der Waals surface area contributed by atoms with Crippen LogP contribution in [0.1, 0.15) is 64.2 Å². The minimum Gasteiger partial charge on any atom is -0.481 e. The number of aliphatic carboxylic acids is 2. The van der Waals surface area contributed by atoms with Gasteiger partial charge in [0.2, 0.25) is 23.6 Å². The predicted molar refractivity (Wildman–Crippen MR) is 98.2 cm³/mol. The Morgan fingerprint density at radius 1 is 0.429 bits per heavy atom. The Kier molecular flexibility index (Phi) is 21.3. The fraction of sp³-hybridized carbons (Fsp3) is 0.625. The molecule has 0 aliphatic heterocycles. The van der Waals surface area contributed by atoms with Crippen LogP contribution in [0.4, 0.5) is 0 Å². The van der Waals surface area contributed by atoms with E-state index in [1.54, 1.807) is 0 Å². The Morgan fingerprint density at radius 2 is 0.643 bits per heavy atom. The SMILES string of the molecule is NC(=O)CCCC(N)=O.NC(=O)CCCC(N)=O.O=C(O)CCCCC(=O)O. The quantitative estimate of drug-likeness (QED) is 0.206. The Hall–Kier alpha value is -3.18. The van der Waals surface area contributed by atoms with Gasteiger partial charge in [0.1, 0.15) is 0 Å². The highest BCUT2D eigenvalue weighted by Gasteiger charge is 1.99. The van der Waals surface area contributed by atoms with Gasteiger partial charge in [-0.1, -0.05) is 0 Å². The zero-order chi connectivity index (χ0) is 22.5. The minimum atomic E-state index is -0.870. The molecule has 0 aromatic carbocycles. The fourth-order valence-corrected chi connectivity index (χ4v) is 1.43. The van der Waals surface area contributed by atoms with E-state index in [4.69, 9.17) is 33.1 Å². The first-order valence-corrected chi connectivity index (χ1v) is 8.45. The van der Waals surface area contributed by atoms with Gasteiger partial charge in [-0.2, -0.15) is 0 Å². The molecule has 0 fully saturated rings. The molecule has 0 saturated heterocycles. The van der Waals surface area contributed by atoms with Crippen LogP contribution in [0.5, 0.6) is 0 Å². The summed E-state index contributed by atoms with van der Waals surface area (Å²) >= 11 is 0. The number of carboxylic acids is 2. The van der Waals surface area contributed by atoms with Crippen LogP contribution in [0.25, 0.3) is 0 Å². The number of primary amides is 4. The molecule has 0 aromatic rings. The summed E-state index contributed by atoms with van der Waals surface area (Å²) in [6.07, 6.45) is 2.90. The van der Waals surface area contributed by atoms with E-state index in [1.165, 1.54) is 0 Å². The van der Waals surface area contributed by atoms with E-state index in [9.17, 15) is 28.8 Å². The number of nitrogens with two attached hydrogens (primary N) is 4. The van der Waals surface area contributed by atoms with E-state index in [-0.39, 0.29) is 38.5 Å². The van der Waals surface area contributed by atoms with Crippen molar-refractivity contribution in [1.82, 2.24) is 0 Å². The van der Waals surface area contributed by atoms with E-state index in [1.807, 2.05) is 0 Å². The zero-order valence-electron chi connectivity index (χ0n) is 15.7. The summed E-state index contributed by atoms with van der Waals surface area (Å²) in [5.74, 6) is -3.31. The van der Waals surface area contributed by atoms with Gasteiger partial charge in [-0.3, -0.25) is 28.8 Å². The maximum atomic E-state index is 10.1.